The molecule has 0 atom stereocenters. The van der Waals surface area contributed by atoms with Crippen molar-refractivity contribution < 1.29 is 0 Å². The highest BCUT2D eigenvalue weighted by Crippen LogP contribution is 2.29. The molecule has 0 aliphatic carbocycles. The highest BCUT2D eigenvalue weighted by molar-refractivity contribution is 7.13. The topological polar surface area (TPSA) is 36.7 Å². The molecular weight excluding hydrogens is 228 g/mol. The maximum absolute atomic E-state index is 8.65. The maximum atomic E-state index is 8.65. The summed E-state index contributed by atoms with van der Waals surface area (Å²) in [7, 11) is 0. The third-order valence-corrected chi connectivity index (χ3v) is 4.02. The molecule has 0 aliphatic rings. The van der Waals surface area contributed by atoms with Crippen LogP contribution >= 0.6 is 11.3 Å². The van der Waals surface area contributed by atoms with E-state index in [0.717, 1.165) is 10.7 Å². The number of thiazole rings is 1. The van der Waals surface area contributed by atoms with Crippen molar-refractivity contribution >= 4 is 11.3 Å². The lowest BCUT2D eigenvalue weighted by Crippen LogP contribution is -1.90. The molecule has 0 aliphatic heterocycles. The molecule has 0 N–H and O–H groups in total. The summed E-state index contributed by atoms with van der Waals surface area (Å²) in [4.78, 5) is 4.50. The first-order valence-electron chi connectivity index (χ1n) is 5.52. The molecule has 0 saturated carbocycles. The van der Waals surface area contributed by atoms with Gasteiger partial charge in [0.15, 0.2) is 0 Å². The van der Waals surface area contributed by atoms with Gasteiger partial charge in [-0.15, -0.1) is 11.3 Å². The molecule has 86 valence electrons. The van der Waals surface area contributed by atoms with Crippen molar-refractivity contribution in [2.75, 3.05) is 0 Å². The zero-order valence-corrected chi connectivity index (χ0v) is 11.1. The van der Waals surface area contributed by atoms with Crippen LogP contribution in [0.25, 0.3) is 10.6 Å². The highest BCUT2D eigenvalue weighted by Gasteiger charge is 2.09. The van der Waals surface area contributed by atoms with Crippen LogP contribution in [0.5, 0.6) is 0 Å². The minimum Gasteiger partial charge on any atom is -0.240 e. The van der Waals surface area contributed by atoms with E-state index in [-0.39, 0.29) is 0 Å². The quantitative estimate of drug-likeness (QED) is 0.803. The van der Waals surface area contributed by atoms with Gasteiger partial charge < -0.3 is 0 Å². The molecule has 0 saturated heterocycles. The van der Waals surface area contributed by atoms with E-state index < -0.39 is 0 Å². The van der Waals surface area contributed by atoms with Gasteiger partial charge in [-0.3, -0.25) is 0 Å². The van der Waals surface area contributed by atoms with Crippen LogP contribution in [-0.4, -0.2) is 4.98 Å². The van der Waals surface area contributed by atoms with Crippen LogP contribution in [-0.2, 0) is 6.42 Å². The Morgan fingerprint density at radius 2 is 2.00 bits per heavy atom. The third-order valence-electron chi connectivity index (χ3n) is 3.10. The Morgan fingerprint density at radius 3 is 2.71 bits per heavy atom. The van der Waals surface area contributed by atoms with Crippen LogP contribution in [0.2, 0.25) is 0 Å². The van der Waals surface area contributed by atoms with E-state index >= 15 is 0 Å². The summed E-state index contributed by atoms with van der Waals surface area (Å²) in [5.74, 6) is 0. The van der Waals surface area contributed by atoms with E-state index in [1.165, 1.54) is 22.3 Å². The van der Waals surface area contributed by atoms with Crippen LogP contribution < -0.4 is 0 Å². The fourth-order valence-electron chi connectivity index (χ4n) is 1.78. The zero-order chi connectivity index (χ0) is 12.4. The minimum absolute atomic E-state index is 0.389. The maximum Gasteiger partial charge on any atom is 0.123 e. The number of nitriles is 1. The lowest BCUT2D eigenvalue weighted by Gasteiger charge is -2.08. The second-order valence-corrected chi connectivity index (χ2v) is 5.02. The van der Waals surface area contributed by atoms with Crippen LogP contribution in [0.15, 0.2) is 17.5 Å². The third kappa shape index (κ3) is 2.22. The average Bonchev–Trinajstić information content (AvgIpc) is 2.75. The molecule has 17 heavy (non-hydrogen) atoms. The van der Waals surface area contributed by atoms with E-state index in [0.29, 0.717) is 6.42 Å². The van der Waals surface area contributed by atoms with Gasteiger partial charge in [-0.1, -0.05) is 12.1 Å². The highest BCUT2D eigenvalue weighted by atomic mass is 32.1. The zero-order valence-electron chi connectivity index (χ0n) is 10.2. The van der Waals surface area contributed by atoms with Gasteiger partial charge in [0, 0.05) is 10.9 Å². The summed E-state index contributed by atoms with van der Waals surface area (Å²) in [6, 6.07) is 6.37. The molecule has 0 bridgehead atoms. The van der Waals surface area contributed by atoms with E-state index in [1.807, 2.05) is 5.38 Å². The van der Waals surface area contributed by atoms with Gasteiger partial charge >= 0.3 is 0 Å². The van der Waals surface area contributed by atoms with Gasteiger partial charge in [-0.05, 0) is 37.5 Å². The average molecular weight is 242 g/mol. The Balaban J connectivity index is 2.46. The summed E-state index contributed by atoms with van der Waals surface area (Å²) in [6.07, 6.45) is 0.389. The van der Waals surface area contributed by atoms with Crippen molar-refractivity contribution in [3.8, 4) is 16.6 Å². The number of benzene rings is 1. The van der Waals surface area contributed by atoms with Crippen LogP contribution in [0, 0.1) is 32.1 Å². The molecule has 1 aromatic heterocycles. The second kappa shape index (κ2) is 4.68. The molecule has 0 unspecified atom stereocenters. The van der Waals surface area contributed by atoms with Crippen LogP contribution in [0.4, 0.5) is 0 Å². The second-order valence-electron chi connectivity index (χ2n) is 4.16. The van der Waals surface area contributed by atoms with Gasteiger partial charge in [0.25, 0.3) is 0 Å². The van der Waals surface area contributed by atoms with Crippen molar-refractivity contribution in [1.82, 2.24) is 4.98 Å². The predicted octanol–water partition coefficient (Wildman–Crippen LogP) is 3.80. The lowest BCUT2D eigenvalue weighted by atomic mass is 9.99. The summed E-state index contributed by atoms with van der Waals surface area (Å²) in [5.41, 5.74) is 5.95. The van der Waals surface area contributed by atoms with Crippen molar-refractivity contribution in [3.63, 3.8) is 0 Å². The largest absolute Gasteiger partial charge is 0.240 e. The smallest absolute Gasteiger partial charge is 0.123 e. The van der Waals surface area contributed by atoms with E-state index in [2.05, 4.69) is 44.0 Å². The Hall–Kier alpha value is -1.66. The SMILES string of the molecule is Cc1ccc(-c2nc(CC#N)cs2)c(C)c1C. The number of aromatic nitrogens is 1. The monoisotopic (exact) mass is 242 g/mol. The van der Waals surface area contributed by atoms with E-state index in [9.17, 15) is 0 Å². The first kappa shape index (κ1) is 11.8. The molecule has 0 fully saturated rings. The van der Waals surface area contributed by atoms with Gasteiger partial charge in [0.1, 0.15) is 5.01 Å². The Kier molecular flexibility index (Phi) is 3.26. The number of aryl methyl sites for hydroxylation is 1. The van der Waals surface area contributed by atoms with Gasteiger partial charge in [0.05, 0.1) is 18.2 Å². The van der Waals surface area contributed by atoms with Crippen LogP contribution in [0.1, 0.15) is 22.4 Å². The molecule has 2 aromatic rings. The number of rotatable bonds is 2. The number of hydrogen-bond acceptors (Lipinski definition) is 3. The van der Waals surface area contributed by atoms with E-state index in [4.69, 9.17) is 5.26 Å². The standard InChI is InChI=1S/C14H14N2S/c1-9-4-5-13(11(3)10(9)2)14-16-12(6-7-15)8-17-14/h4-5,8H,6H2,1-3H3. The van der Waals surface area contributed by atoms with E-state index in [1.54, 1.807) is 11.3 Å². The molecule has 1 heterocycles. The summed E-state index contributed by atoms with van der Waals surface area (Å²) < 4.78 is 0. The van der Waals surface area contributed by atoms with Crippen LogP contribution in [0.3, 0.4) is 0 Å². The Labute approximate surface area is 106 Å². The molecule has 3 heteroatoms. The molecular formula is C14H14N2S. The summed E-state index contributed by atoms with van der Waals surface area (Å²) in [5, 5.41) is 11.6. The molecule has 1 aromatic carbocycles. The van der Waals surface area contributed by atoms with Crippen molar-refractivity contribution in [1.29, 1.82) is 5.26 Å². The summed E-state index contributed by atoms with van der Waals surface area (Å²) >= 11 is 1.61. The molecule has 2 nitrogen and oxygen atoms in total. The molecule has 0 spiro atoms. The fourth-order valence-corrected chi connectivity index (χ4v) is 2.68. The van der Waals surface area contributed by atoms with Crippen molar-refractivity contribution in [3.05, 3.63) is 39.9 Å². The van der Waals surface area contributed by atoms with Crippen molar-refractivity contribution in [2.24, 2.45) is 0 Å². The molecule has 0 amide bonds. The Morgan fingerprint density at radius 1 is 1.24 bits per heavy atom. The normalized spacial score (nSPS) is 10.2. The number of nitrogens with zero attached hydrogens (tertiary/aromatic N) is 2. The molecule has 0 radical (unpaired) electrons. The Bertz CT molecular complexity index is 591. The first-order valence-corrected chi connectivity index (χ1v) is 6.40. The first-order chi connectivity index (χ1) is 8.13. The minimum atomic E-state index is 0.389. The van der Waals surface area contributed by atoms with Crippen molar-refractivity contribution in [2.45, 2.75) is 27.2 Å². The van der Waals surface area contributed by atoms with Gasteiger partial charge in [-0.25, -0.2) is 4.98 Å². The predicted molar refractivity (Wildman–Crippen MR) is 71.1 cm³/mol. The molecule has 2 rings (SSSR count). The summed E-state index contributed by atoms with van der Waals surface area (Å²) in [6.45, 7) is 6.38. The number of hydrogen-bond donors (Lipinski definition) is 0. The van der Waals surface area contributed by atoms with Gasteiger partial charge in [-0.2, -0.15) is 5.26 Å². The fraction of sp³-hybridized carbons (Fsp3) is 0.286. The van der Waals surface area contributed by atoms with Gasteiger partial charge in [0.2, 0.25) is 0 Å². The lowest BCUT2D eigenvalue weighted by molar-refractivity contribution is 1.15.